The third kappa shape index (κ3) is 1.64. The third-order valence-corrected chi connectivity index (χ3v) is 2.73. The lowest BCUT2D eigenvalue weighted by atomic mass is 9.94. The SMILES string of the molecule is CC1(C)C=C(CCO)C(C)(C)N1[O]. The number of rotatable bonds is 2. The van der Waals surface area contributed by atoms with Crippen LogP contribution in [-0.2, 0) is 5.21 Å². The molecule has 0 saturated heterocycles. The van der Waals surface area contributed by atoms with Crippen molar-refractivity contribution in [2.45, 2.75) is 45.2 Å². The summed E-state index contributed by atoms with van der Waals surface area (Å²) in [5.41, 5.74) is 0.134. The fourth-order valence-electron chi connectivity index (χ4n) is 2.01. The van der Waals surface area contributed by atoms with E-state index in [9.17, 15) is 5.21 Å². The lowest BCUT2D eigenvalue weighted by Gasteiger charge is -2.33. The lowest BCUT2D eigenvalue weighted by molar-refractivity contribution is -0.238. The van der Waals surface area contributed by atoms with Gasteiger partial charge in [0, 0.05) is 6.61 Å². The summed E-state index contributed by atoms with van der Waals surface area (Å²) >= 11 is 0. The quantitative estimate of drug-likeness (QED) is 0.661. The van der Waals surface area contributed by atoms with Gasteiger partial charge in [0.2, 0.25) is 0 Å². The van der Waals surface area contributed by atoms with Crippen molar-refractivity contribution in [3.8, 4) is 0 Å². The van der Waals surface area contributed by atoms with Gasteiger partial charge in [-0.2, -0.15) is 0 Å². The average molecular weight is 184 g/mol. The van der Waals surface area contributed by atoms with E-state index in [1.165, 1.54) is 0 Å². The molecule has 0 saturated carbocycles. The summed E-state index contributed by atoms with van der Waals surface area (Å²) in [6.45, 7) is 7.70. The standard InChI is InChI=1S/C10H18NO2/c1-9(2)7-8(5-6-12)10(3,4)11(9)13/h7,12H,5-6H2,1-4H3. The van der Waals surface area contributed by atoms with Crippen molar-refractivity contribution < 1.29 is 10.3 Å². The fraction of sp³-hybridized carbons (Fsp3) is 0.800. The van der Waals surface area contributed by atoms with E-state index >= 15 is 0 Å². The fourth-order valence-corrected chi connectivity index (χ4v) is 2.01. The first-order valence-corrected chi connectivity index (χ1v) is 4.63. The monoisotopic (exact) mass is 184 g/mol. The van der Waals surface area contributed by atoms with Gasteiger partial charge in [-0.05, 0) is 39.7 Å². The van der Waals surface area contributed by atoms with Gasteiger partial charge in [-0.25, -0.2) is 0 Å². The topological polar surface area (TPSA) is 43.4 Å². The Morgan fingerprint density at radius 3 is 2.23 bits per heavy atom. The minimum Gasteiger partial charge on any atom is -0.396 e. The molecule has 0 fully saturated rings. The zero-order valence-corrected chi connectivity index (χ0v) is 8.79. The lowest BCUT2D eigenvalue weighted by Crippen LogP contribution is -2.46. The third-order valence-electron chi connectivity index (χ3n) is 2.73. The largest absolute Gasteiger partial charge is 0.396 e. The highest BCUT2D eigenvalue weighted by molar-refractivity contribution is 5.29. The van der Waals surface area contributed by atoms with Crippen LogP contribution in [0.2, 0.25) is 0 Å². The second-order valence-electron chi connectivity index (χ2n) is 4.65. The molecule has 0 spiro atoms. The molecule has 1 heterocycles. The molecule has 1 N–H and O–H groups in total. The molecule has 0 aliphatic carbocycles. The molecule has 1 aliphatic heterocycles. The Morgan fingerprint density at radius 1 is 1.38 bits per heavy atom. The molecule has 1 aliphatic rings. The van der Waals surface area contributed by atoms with Crippen molar-refractivity contribution in [3.05, 3.63) is 11.6 Å². The molecular formula is C10H18NO2. The van der Waals surface area contributed by atoms with Gasteiger partial charge in [-0.15, -0.1) is 10.3 Å². The Labute approximate surface area is 79.6 Å². The first-order valence-electron chi connectivity index (χ1n) is 4.63. The summed E-state index contributed by atoms with van der Waals surface area (Å²) in [7, 11) is 0. The normalized spacial score (nSPS) is 26.2. The van der Waals surface area contributed by atoms with E-state index in [1.54, 1.807) is 0 Å². The maximum absolute atomic E-state index is 11.8. The molecule has 75 valence electrons. The minimum absolute atomic E-state index is 0.110. The second kappa shape index (κ2) is 3.08. The van der Waals surface area contributed by atoms with Crippen LogP contribution in [0.3, 0.4) is 0 Å². The van der Waals surface area contributed by atoms with Crippen molar-refractivity contribution in [1.29, 1.82) is 0 Å². The summed E-state index contributed by atoms with van der Waals surface area (Å²) in [4.78, 5) is 0. The summed E-state index contributed by atoms with van der Waals surface area (Å²) < 4.78 is 0. The number of aliphatic hydroxyl groups excluding tert-OH is 1. The van der Waals surface area contributed by atoms with Crippen LogP contribution in [0.5, 0.6) is 0 Å². The van der Waals surface area contributed by atoms with Gasteiger partial charge in [0.15, 0.2) is 0 Å². The van der Waals surface area contributed by atoms with Crippen molar-refractivity contribution in [3.63, 3.8) is 0 Å². The summed E-state index contributed by atoms with van der Waals surface area (Å²) in [6.07, 6.45) is 2.56. The van der Waals surface area contributed by atoms with Crippen molar-refractivity contribution >= 4 is 0 Å². The predicted octanol–water partition coefficient (Wildman–Crippen LogP) is 1.51. The highest BCUT2D eigenvalue weighted by atomic mass is 16.5. The molecule has 0 aromatic heterocycles. The van der Waals surface area contributed by atoms with Crippen molar-refractivity contribution in [2.75, 3.05) is 6.61 Å². The van der Waals surface area contributed by atoms with Gasteiger partial charge < -0.3 is 5.11 Å². The first-order chi connectivity index (χ1) is 5.82. The van der Waals surface area contributed by atoms with Gasteiger partial charge in [0.05, 0.1) is 11.1 Å². The van der Waals surface area contributed by atoms with Crippen molar-refractivity contribution in [1.82, 2.24) is 5.06 Å². The van der Waals surface area contributed by atoms with Gasteiger partial charge in [0.1, 0.15) is 0 Å². The van der Waals surface area contributed by atoms with Crippen LogP contribution in [0, 0.1) is 0 Å². The first kappa shape index (κ1) is 10.7. The van der Waals surface area contributed by atoms with Crippen LogP contribution in [0.1, 0.15) is 34.1 Å². The minimum atomic E-state index is -0.466. The maximum Gasteiger partial charge on any atom is 0.0657 e. The zero-order valence-electron chi connectivity index (χ0n) is 8.79. The smallest absolute Gasteiger partial charge is 0.0657 e. The molecule has 1 radical (unpaired) electrons. The highest BCUT2D eigenvalue weighted by Gasteiger charge is 2.45. The van der Waals surface area contributed by atoms with E-state index in [2.05, 4.69) is 0 Å². The number of hydrogen-bond donors (Lipinski definition) is 1. The zero-order chi connectivity index (χ0) is 10.3. The molecule has 0 unspecified atom stereocenters. The predicted molar refractivity (Wildman–Crippen MR) is 50.5 cm³/mol. The van der Waals surface area contributed by atoms with Crippen LogP contribution in [0.25, 0.3) is 0 Å². The highest BCUT2D eigenvalue weighted by Crippen LogP contribution is 2.39. The maximum atomic E-state index is 11.8. The summed E-state index contributed by atoms with van der Waals surface area (Å²) in [5.74, 6) is 0. The Hall–Kier alpha value is -0.380. The number of hydroxylamine groups is 2. The van der Waals surface area contributed by atoms with Crippen LogP contribution in [-0.4, -0.2) is 27.9 Å². The molecule has 3 heteroatoms. The number of nitrogens with zero attached hydrogens (tertiary/aromatic N) is 1. The summed E-state index contributed by atoms with van der Waals surface area (Å²) in [6, 6.07) is 0. The number of hydrogen-bond acceptors (Lipinski definition) is 2. The molecule has 3 nitrogen and oxygen atoms in total. The van der Waals surface area contributed by atoms with E-state index in [4.69, 9.17) is 5.11 Å². The van der Waals surface area contributed by atoms with Gasteiger partial charge in [-0.3, -0.25) is 0 Å². The molecule has 0 amide bonds. The van der Waals surface area contributed by atoms with Gasteiger partial charge >= 0.3 is 0 Å². The van der Waals surface area contributed by atoms with Gasteiger partial charge in [0.25, 0.3) is 0 Å². The van der Waals surface area contributed by atoms with E-state index in [0.29, 0.717) is 6.42 Å². The average Bonchev–Trinajstić information content (AvgIpc) is 2.14. The van der Waals surface area contributed by atoms with E-state index in [0.717, 1.165) is 10.6 Å². The van der Waals surface area contributed by atoms with Crippen LogP contribution < -0.4 is 0 Å². The second-order valence-corrected chi connectivity index (χ2v) is 4.65. The molecule has 1 rings (SSSR count). The van der Waals surface area contributed by atoms with E-state index in [-0.39, 0.29) is 6.61 Å². The van der Waals surface area contributed by atoms with Crippen LogP contribution in [0.15, 0.2) is 11.6 Å². The van der Waals surface area contributed by atoms with Crippen molar-refractivity contribution in [2.24, 2.45) is 0 Å². The van der Waals surface area contributed by atoms with Crippen LogP contribution >= 0.6 is 0 Å². The molecule has 0 atom stereocenters. The Balaban J connectivity index is 2.95. The molecule has 0 bridgehead atoms. The molecular weight excluding hydrogens is 166 g/mol. The Morgan fingerprint density at radius 2 is 1.92 bits per heavy atom. The van der Waals surface area contributed by atoms with E-state index in [1.807, 2.05) is 33.8 Å². The number of aliphatic hydroxyl groups is 1. The molecule has 0 aromatic carbocycles. The summed E-state index contributed by atoms with van der Waals surface area (Å²) in [5, 5.41) is 21.8. The van der Waals surface area contributed by atoms with E-state index < -0.39 is 11.1 Å². The Kier molecular flexibility index (Phi) is 2.54. The Bertz CT molecular complexity index is 231. The molecule has 0 aromatic rings. The molecule has 13 heavy (non-hydrogen) atoms. The van der Waals surface area contributed by atoms with Gasteiger partial charge in [-0.1, -0.05) is 6.08 Å². The van der Waals surface area contributed by atoms with Crippen LogP contribution in [0.4, 0.5) is 0 Å².